The van der Waals surface area contributed by atoms with Gasteiger partial charge in [0.1, 0.15) is 0 Å². The van der Waals surface area contributed by atoms with Gasteiger partial charge in [-0.3, -0.25) is 0 Å². The minimum Gasteiger partial charge on any atom is -0.448 e. The van der Waals surface area contributed by atoms with E-state index in [0.29, 0.717) is 13.1 Å². The first kappa shape index (κ1) is 15.1. The van der Waals surface area contributed by atoms with Crippen molar-refractivity contribution >= 4 is 28.6 Å². The number of fused-ring (bicyclic) bond motifs is 1. The second-order valence-electron chi connectivity index (χ2n) is 5.26. The Kier molecular flexibility index (Phi) is 4.32. The van der Waals surface area contributed by atoms with Crippen molar-refractivity contribution in [3.63, 3.8) is 0 Å². The first-order valence-corrected chi connectivity index (χ1v) is 7.71. The number of carbonyl (C=O) groups is 2. The van der Waals surface area contributed by atoms with Crippen LogP contribution in [0.15, 0.2) is 42.5 Å². The van der Waals surface area contributed by atoms with Crippen molar-refractivity contribution in [2.75, 3.05) is 25.0 Å². The maximum Gasteiger partial charge on any atom is 0.428 e. The number of amides is 3. The van der Waals surface area contributed by atoms with E-state index in [9.17, 15) is 9.59 Å². The van der Waals surface area contributed by atoms with E-state index in [4.69, 9.17) is 4.74 Å². The van der Waals surface area contributed by atoms with Crippen molar-refractivity contribution in [2.45, 2.75) is 13.3 Å². The van der Waals surface area contributed by atoms with E-state index < -0.39 is 6.09 Å². The van der Waals surface area contributed by atoms with Gasteiger partial charge in [0.15, 0.2) is 0 Å². The lowest BCUT2D eigenvalue weighted by Gasteiger charge is -2.27. The summed E-state index contributed by atoms with van der Waals surface area (Å²) in [6.45, 7) is 3.01. The number of hydrogen-bond acceptors (Lipinski definition) is 3. The Hall–Kier alpha value is -2.76. The van der Waals surface area contributed by atoms with E-state index in [-0.39, 0.29) is 12.6 Å². The molecule has 0 spiro atoms. The molecule has 1 aliphatic rings. The molecule has 120 valence electrons. The van der Waals surface area contributed by atoms with E-state index in [1.54, 1.807) is 6.92 Å². The SMILES string of the molecule is CCOC(=O)N1CCCN1C(=O)Nc1cccc2ccccc12. The normalized spacial score (nSPS) is 14.1. The number of carbonyl (C=O) groups excluding carboxylic acids is 2. The Morgan fingerprint density at radius 2 is 1.83 bits per heavy atom. The van der Waals surface area contributed by atoms with Gasteiger partial charge in [0, 0.05) is 18.5 Å². The van der Waals surface area contributed by atoms with Gasteiger partial charge in [-0.2, -0.15) is 0 Å². The average molecular weight is 313 g/mol. The Bertz CT molecular complexity index is 727. The highest BCUT2D eigenvalue weighted by molar-refractivity contribution is 6.01. The summed E-state index contributed by atoms with van der Waals surface area (Å²) in [5.41, 5.74) is 0.726. The van der Waals surface area contributed by atoms with Crippen molar-refractivity contribution in [3.8, 4) is 0 Å². The fourth-order valence-corrected chi connectivity index (χ4v) is 2.72. The molecule has 6 heteroatoms. The third-order valence-corrected chi connectivity index (χ3v) is 3.78. The van der Waals surface area contributed by atoms with Gasteiger partial charge in [-0.05, 0) is 24.8 Å². The van der Waals surface area contributed by atoms with Crippen LogP contribution in [-0.2, 0) is 4.74 Å². The molecule has 23 heavy (non-hydrogen) atoms. The predicted molar refractivity (Wildman–Crippen MR) is 88.0 cm³/mol. The minimum absolute atomic E-state index is 0.286. The number of hydrogen-bond donors (Lipinski definition) is 1. The van der Waals surface area contributed by atoms with Crippen molar-refractivity contribution in [3.05, 3.63) is 42.5 Å². The van der Waals surface area contributed by atoms with Crippen LogP contribution in [0, 0.1) is 0 Å². The minimum atomic E-state index is -0.488. The Morgan fingerprint density at radius 1 is 1.09 bits per heavy atom. The molecule has 1 heterocycles. The zero-order valence-electron chi connectivity index (χ0n) is 13.0. The van der Waals surface area contributed by atoms with Gasteiger partial charge < -0.3 is 10.1 Å². The van der Waals surface area contributed by atoms with Crippen molar-refractivity contribution in [1.29, 1.82) is 0 Å². The van der Waals surface area contributed by atoms with Crippen molar-refractivity contribution in [2.24, 2.45) is 0 Å². The van der Waals surface area contributed by atoms with Crippen LogP contribution in [0.4, 0.5) is 15.3 Å². The van der Waals surface area contributed by atoms with Crippen LogP contribution in [0.1, 0.15) is 13.3 Å². The molecule has 3 amide bonds. The van der Waals surface area contributed by atoms with E-state index in [0.717, 1.165) is 22.9 Å². The van der Waals surface area contributed by atoms with Gasteiger partial charge in [0.2, 0.25) is 0 Å². The number of benzene rings is 2. The third-order valence-electron chi connectivity index (χ3n) is 3.78. The van der Waals surface area contributed by atoms with Crippen LogP contribution in [0.3, 0.4) is 0 Å². The van der Waals surface area contributed by atoms with Crippen LogP contribution in [-0.4, -0.2) is 41.8 Å². The van der Waals surface area contributed by atoms with Crippen molar-refractivity contribution in [1.82, 2.24) is 10.0 Å². The number of rotatable bonds is 2. The number of nitrogens with zero attached hydrogens (tertiary/aromatic N) is 2. The first-order valence-electron chi connectivity index (χ1n) is 7.71. The number of hydrazine groups is 1. The molecule has 1 saturated heterocycles. The highest BCUT2D eigenvalue weighted by Crippen LogP contribution is 2.24. The number of ether oxygens (including phenoxy) is 1. The molecule has 0 aliphatic carbocycles. The van der Waals surface area contributed by atoms with Gasteiger partial charge in [-0.1, -0.05) is 36.4 Å². The summed E-state index contributed by atoms with van der Waals surface area (Å²) in [5.74, 6) is 0. The lowest BCUT2D eigenvalue weighted by molar-refractivity contribution is 0.0419. The van der Waals surface area contributed by atoms with Crippen LogP contribution < -0.4 is 5.32 Å². The average Bonchev–Trinajstić information content (AvgIpc) is 3.05. The fraction of sp³-hybridized carbons (Fsp3) is 0.294. The van der Waals surface area contributed by atoms with E-state index >= 15 is 0 Å². The largest absolute Gasteiger partial charge is 0.448 e. The standard InChI is InChI=1S/C17H19N3O3/c1-2-23-17(22)20-12-6-11-19(20)16(21)18-15-10-5-8-13-7-3-4-9-14(13)15/h3-5,7-10H,2,6,11-12H2,1H3,(H,18,21). The molecular formula is C17H19N3O3. The number of anilines is 1. The fourth-order valence-electron chi connectivity index (χ4n) is 2.72. The summed E-state index contributed by atoms with van der Waals surface area (Å²) in [6.07, 6.45) is 0.250. The zero-order chi connectivity index (χ0) is 16.2. The molecule has 2 aromatic carbocycles. The van der Waals surface area contributed by atoms with Gasteiger partial charge >= 0.3 is 12.1 Å². The quantitative estimate of drug-likeness (QED) is 0.923. The highest BCUT2D eigenvalue weighted by Gasteiger charge is 2.31. The molecule has 2 aromatic rings. The summed E-state index contributed by atoms with van der Waals surface area (Å²) in [7, 11) is 0. The molecule has 1 fully saturated rings. The summed E-state index contributed by atoms with van der Waals surface area (Å²) in [6, 6.07) is 13.2. The smallest absolute Gasteiger partial charge is 0.428 e. The second kappa shape index (κ2) is 6.56. The molecule has 0 bridgehead atoms. The molecular weight excluding hydrogens is 294 g/mol. The van der Waals surface area contributed by atoms with E-state index in [2.05, 4.69) is 5.32 Å². The molecule has 0 radical (unpaired) electrons. The van der Waals surface area contributed by atoms with Crippen LogP contribution in [0.25, 0.3) is 10.8 Å². The van der Waals surface area contributed by atoms with Gasteiger partial charge in [0.25, 0.3) is 0 Å². The summed E-state index contributed by atoms with van der Waals surface area (Å²) < 4.78 is 4.99. The molecule has 3 rings (SSSR count). The molecule has 0 unspecified atom stereocenters. The third kappa shape index (κ3) is 3.06. The van der Waals surface area contributed by atoms with Gasteiger partial charge in [-0.25, -0.2) is 19.6 Å². The molecule has 1 aliphatic heterocycles. The topological polar surface area (TPSA) is 61.9 Å². The van der Waals surface area contributed by atoms with E-state index in [1.807, 2.05) is 42.5 Å². The summed E-state index contributed by atoms with van der Waals surface area (Å²) in [4.78, 5) is 24.4. The van der Waals surface area contributed by atoms with Crippen LogP contribution in [0.5, 0.6) is 0 Å². The Balaban J connectivity index is 1.79. The Morgan fingerprint density at radius 3 is 2.65 bits per heavy atom. The Labute approximate surface area is 134 Å². The molecule has 0 atom stereocenters. The molecule has 6 nitrogen and oxygen atoms in total. The monoisotopic (exact) mass is 313 g/mol. The van der Waals surface area contributed by atoms with Crippen LogP contribution in [0.2, 0.25) is 0 Å². The number of nitrogens with one attached hydrogen (secondary N) is 1. The van der Waals surface area contributed by atoms with Crippen molar-refractivity contribution < 1.29 is 14.3 Å². The van der Waals surface area contributed by atoms with Gasteiger partial charge in [-0.15, -0.1) is 0 Å². The molecule has 0 saturated carbocycles. The second-order valence-corrected chi connectivity index (χ2v) is 5.26. The maximum atomic E-state index is 12.5. The first-order chi connectivity index (χ1) is 11.2. The van der Waals surface area contributed by atoms with E-state index in [1.165, 1.54) is 10.0 Å². The van der Waals surface area contributed by atoms with Crippen LogP contribution >= 0.6 is 0 Å². The molecule has 0 aromatic heterocycles. The van der Waals surface area contributed by atoms with Gasteiger partial charge in [0.05, 0.1) is 12.3 Å². The lowest BCUT2D eigenvalue weighted by Crippen LogP contribution is -2.47. The predicted octanol–water partition coefficient (Wildman–Crippen LogP) is 3.45. The maximum absolute atomic E-state index is 12.5. The molecule has 1 N–H and O–H groups in total. The zero-order valence-corrected chi connectivity index (χ0v) is 13.0. The highest BCUT2D eigenvalue weighted by atomic mass is 16.6. The summed E-state index contributed by atoms with van der Waals surface area (Å²) >= 11 is 0. The summed E-state index contributed by atoms with van der Waals surface area (Å²) in [5, 5.41) is 7.66. The number of urea groups is 1. The lowest BCUT2D eigenvalue weighted by atomic mass is 10.1.